The topological polar surface area (TPSA) is 98.7 Å². The number of aromatic nitrogens is 4. The van der Waals surface area contributed by atoms with Gasteiger partial charge < -0.3 is 11.1 Å². The van der Waals surface area contributed by atoms with Crippen molar-refractivity contribution in [2.45, 2.75) is 19.8 Å². The molecule has 3 N–H and O–H groups in total. The summed E-state index contributed by atoms with van der Waals surface area (Å²) in [6.45, 7) is 1.49. The van der Waals surface area contributed by atoms with Crippen LogP contribution in [0.25, 0.3) is 27.5 Å². The first-order chi connectivity index (χ1) is 14.5. The van der Waals surface area contributed by atoms with E-state index in [1.54, 1.807) is 12.3 Å². The zero-order chi connectivity index (χ0) is 20.8. The highest BCUT2D eigenvalue weighted by Gasteiger charge is 2.30. The van der Waals surface area contributed by atoms with Crippen molar-refractivity contribution in [3.05, 3.63) is 58.3 Å². The van der Waals surface area contributed by atoms with Gasteiger partial charge in [0.2, 0.25) is 5.91 Å². The molecule has 0 unspecified atom stereocenters. The van der Waals surface area contributed by atoms with E-state index in [1.165, 1.54) is 18.3 Å². The molecule has 0 saturated heterocycles. The molecule has 0 atom stereocenters. The molecule has 1 amide bonds. The molecule has 30 heavy (non-hydrogen) atoms. The summed E-state index contributed by atoms with van der Waals surface area (Å²) < 4.78 is 2.96. The third-order valence-corrected chi connectivity index (χ3v) is 6.47. The predicted molar refractivity (Wildman–Crippen MR) is 122 cm³/mol. The molecule has 9 heteroatoms. The second-order valence-electron chi connectivity index (χ2n) is 7.01. The number of fused-ring (bicyclic) bond motifs is 3. The van der Waals surface area contributed by atoms with E-state index in [2.05, 4.69) is 31.2 Å². The monoisotopic (exact) mass is 480 g/mol. The zero-order valence-corrected chi connectivity index (χ0v) is 18.4. The Balaban J connectivity index is 1.73. The van der Waals surface area contributed by atoms with Crippen LogP contribution in [0.3, 0.4) is 0 Å². The largest absolute Gasteiger partial charge is 0.384 e. The van der Waals surface area contributed by atoms with Crippen molar-refractivity contribution in [3.63, 3.8) is 0 Å². The molecular weight excluding hydrogens is 464 g/mol. The highest BCUT2D eigenvalue weighted by atomic mass is 79.9. The minimum Gasteiger partial charge on any atom is -0.384 e. The molecule has 7 nitrogen and oxygen atoms in total. The number of benzene rings is 1. The quantitative estimate of drug-likeness (QED) is 0.450. The number of nitrogen functional groups attached to an aromatic ring is 1. The number of carbonyl (C=O) groups excluding carboxylic acids is 1. The molecule has 0 bridgehead atoms. The molecule has 0 spiro atoms. The van der Waals surface area contributed by atoms with E-state index in [4.69, 9.17) is 10.8 Å². The molecule has 4 aromatic rings. The van der Waals surface area contributed by atoms with Gasteiger partial charge in [0.25, 0.3) is 0 Å². The number of pyridine rings is 1. The number of aryl methyl sites for hydroxylation is 1. The van der Waals surface area contributed by atoms with Crippen molar-refractivity contribution in [3.8, 4) is 27.5 Å². The van der Waals surface area contributed by atoms with Crippen molar-refractivity contribution in [2.24, 2.45) is 0 Å². The molecule has 1 aromatic carbocycles. The molecule has 5 rings (SSSR count). The van der Waals surface area contributed by atoms with Gasteiger partial charge in [-0.1, -0.05) is 27.3 Å². The van der Waals surface area contributed by atoms with Crippen LogP contribution in [0.1, 0.15) is 18.2 Å². The van der Waals surface area contributed by atoms with Gasteiger partial charge in [-0.25, -0.2) is 14.6 Å². The minimum absolute atomic E-state index is 0.128. The Hall–Kier alpha value is -3.04. The fourth-order valence-electron chi connectivity index (χ4n) is 3.62. The number of amides is 1. The molecular formula is C21H17BrN6OS. The lowest BCUT2D eigenvalue weighted by Gasteiger charge is -2.14. The molecule has 0 aliphatic heterocycles. The molecule has 1 aliphatic rings. The molecule has 1 aliphatic carbocycles. The van der Waals surface area contributed by atoms with Crippen LogP contribution < -0.4 is 11.1 Å². The van der Waals surface area contributed by atoms with Gasteiger partial charge in [0, 0.05) is 28.7 Å². The Morgan fingerprint density at radius 3 is 2.70 bits per heavy atom. The van der Waals surface area contributed by atoms with Crippen LogP contribution in [0.4, 0.5) is 10.9 Å². The average molecular weight is 481 g/mol. The lowest BCUT2D eigenvalue weighted by molar-refractivity contribution is -0.114. The molecule has 3 aromatic heterocycles. The zero-order valence-electron chi connectivity index (χ0n) is 16.0. The highest BCUT2D eigenvalue weighted by molar-refractivity contribution is 9.10. The van der Waals surface area contributed by atoms with E-state index in [9.17, 15) is 4.79 Å². The van der Waals surface area contributed by atoms with E-state index < -0.39 is 0 Å². The Labute approximate surface area is 185 Å². The molecule has 0 saturated carbocycles. The number of nitrogens with one attached hydrogen (secondary N) is 1. The molecule has 150 valence electrons. The summed E-state index contributed by atoms with van der Waals surface area (Å²) in [6.07, 6.45) is 3.36. The lowest BCUT2D eigenvalue weighted by Crippen LogP contribution is -2.07. The van der Waals surface area contributed by atoms with E-state index in [1.807, 2.05) is 35.0 Å². The molecule has 0 fully saturated rings. The van der Waals surface area contributed by atoms with Crippen LogP contribution in [-0.2, 0) is 17.6 Å². The summed E-state index contributed by atoms with van der Waals surface area (Å²) >= 11 is 4.98. The Bertz CT molecular complexity index is 1260. The summed E-state index contributed by atoms with van der Waals surface area (Å²) in [6, 6.07) is 11.8. The first-order valence-electron chi connectivity index (χ1n) is 9.37. The summed E-state index contributed by atoms with van der Waals surface area (Å²) in [5, 5.41) is 8.40. The van der Waals surface area contributed by atoms with E-state index in [0.717, 1.165) is 56.1 Å². The third kappa shape index (κ3) is 3.29. The van der Waals surface area contributed by atoms with E-state index >= 15 is 0 Å². The highest BCUT2D eigenvalue weighted by Crippen LogP contribution is 2.44. The maximum Gasteiger partial charge on any atom is 0.223 e. The number of nitrogens with zero attached hydrogens (tertiary/aromatic N) is 4. The second-order valence-corrected chi connectivity index (χ2v) is 8.93. The number of thiazole rings is 1. The Morgan fingerprint density at radius 2 is 2.00 bits per heavy atom. The van der Waals surface area contributed by atoms with Crippen LogP contribution in [0.15, 0.2) is 47.1 Å². The van der Waals surface area contributed by atoms with Crippen molar-refractivity contribution in [1.29, 1.82) is 0 Å². The maximum atomic E-state index is 11.5. The van der Waals surface area contributed by atoms with Crippen molar-refractivity contribution in [1.82, 2.24) is 19.7 Å². The van der Waals surface area contributed by atoms with E-state index in [0.29, 0.717) is 10.9 Å². The fourth-order valence-corrected chi connectivity index (χ4v) is 5.00. The smallest absolute Gasteiger partial charge is 0.223 e. The van der Waals surface area contributed by atoms with Crippen LogP contribution in [0, 0.1) is 0 Å². The van der Waals surface area contributed by atoms with Gasteiger partial charge in [-0.15, -0.1) is 0 Å². The number of nitrogens with two attached hydrogens (primary N) is 1. The van der Waals surface area contributed by atoms with Crippen molar-refractivity contribution in [2.75, 3.05) is 11.1 Å². The van der Waals surface area contributed by atoms with E-state index in [-0.39, 0.29) is 5.91 Å². The van der Waals surface area contributed by atoms with Crippen molar-refractivity contribution >= 4 is 44.1 Å². The van der Waals surface area contributed by atoms with Gasteiger partial charge >= 0.3 is 0 Å². The normalized spacial score (nSPS) is 12.3. The third-order valence-electron chi connectivity index (χ3n) is 4.92. The summed E-state index contributed by atoms with van der Waals surface area (Å²) in [4.78, 5) is 21.4. The minimum atomic E-state index is -0.128. The van der Waals surface area contributed by atoms with Gasteiger partial charge in [0.1, 0.15) is 5.82 Å². The number of rotatable bonds is 3. The summed E-state index contributed by atoms with van der Waals surface area (Å²) in [5.41, 5.74) is 11.7. The van der Waals surface area contributed by atoms with Crippen LogP contribution in [0.5, 0.6) is 0 Å². The number of carbonyl (C=O) groups is 1. The Morgan fingerprint density at radius 1 is 1.20 bits per heavy atom. The van der Waals surface area contributed by atoms with Crippen LogP contribution in [-0.4, -0.2) is 25.7 Å². The number of halogens is 1. The van der Waals surface area contributed by atoms with Crippen LogP contribution >= 0.6 is 27.3 Å². The molecule has 0 radical (unpaired) electrons. The summed E-state index contributed by atoms with van der Waals surface area (Å²) in [5.74, 6) is 0.348. The average Bonchev–Trinajstić information content (AvgIpc) is 3.29. The Kier molecular flexibility index (Phi) is 4.63. The standard InChI is InChI=1S/C21H17BrN6OS/c1-11(29)25-21-26-16-8-7-15-18(12-2-9-17(23)24-10-12)27-28(19(15)20(16)30-21)14-5-3-13(22)4-6-14/h2-6,9-10H,7-8H2,1H3,(H2,23,24)(H,25,26,29). The first-order valence-corrected chi connectivity index (χ1v) is 11.0. The fraction of sp³-hybridized carbons (Fsp3) is 0.143. The predicted octanol–water partition coefficient (Wildman–Crippen LogP) is 4.46. The number of anilines is 2. The summed E-state index contributed by atoms with van der Waals surface area (Å²) in [7, 11) is 0. The van der Waals surface area contributed by atoms with Crippen molar-refractivity contribution < 1.29 is 4.79 Å². The second kappa shape index (κ2) is 7.33. The lowest BCUT2D eigenvalue weighted by atomic mass is 9.95. The van der Waals surface area contributed by atoms with Gasteiger partial charge in [-0.2, -0.15) is 5.10 Å². The SMILES string of the molecule is CC(=O)Nc1nc2c(s1)-c1c(c(-c3ccc(N)nc3)nn1-c1ccc(Br)cc1)CC2. The maximum absolute atomic E-state index is 11.5. The first kappa shape index (κ1) is 19.0. The number of hydrogen-bond acceptors (Lipinski definition) is 6. The number of hydrogen-bond donors (Lipinski definition) is 2. The van der Waals surface area contributed by atoms with Gasteiger partial charge in [0.15, 0.2) is 5.13 Å². The molecule has 3 heterocycles. The van der Waals surface area contributed by atoms with Crippen LogP contribution in [0.2, 0.25) is 0 Å². The van der Waals surface area contributed by atoms with Gasteiger partial charge in [-0.05, 0) is 49.2 Å². The van der Waals surface area contributed by atoms with Gasteiger partial charge in [-0.3, -0.25) is 4.79 Å². The van der Waals surface area contributed by atoms with Gasteiger partial charge in [0.05, 0.1) is 27.6 Å².